The fourth-order valence-electron chi connectivity index (χ4n) is 3.24. The summed E-state index contributed by atoms with van der Waals surface area (Å²) in [4.78, 5) is 2.56. The number of piperidine rings is 1. The summed E-state index contributed by atoms with van der Waals surface area (Å²) in [6, 6.07) is 1.12. The standard InChI is InChI=1S/C14H27NO3/c1-11(2)15-7-5-4-6-12(15)8-14(3)17-10-13(9-16)18-14/h11-13,16H,4-10H2,1-3H3. The third-order valence-electron chi connectivity index (χ3n) is 4.14. The molecular formula is C14H27NO3. The van der Waals surface area contributed by atoms with Gasteiger partial charge in [-0.05, 0) is 40.2 Å². The van der Waals surface area contributed by atoms with Crippen LogP contribution in [0.1, 0.15) is 46.5 Å². The number of aliphatic hydroxyl groups is 1. The third kappa shape index (κ3) is 3.23. The van der Waals surface area contributed by atoms with E-state index in [-0.39, 0.29) is 12.7 Å². The first-order chi connectivity index (χ1) is 8.54. The van der Waals surface area contributed by atoms with Gasteiger partial charge in [-0.15, -0.1) is 0 Å². The fourth-order valence-corrected chi connectivity index (χ4v) is 3.24. The predicted octanol–water partition coefficient (Wildman–Crippen LogP) is 1.76. The van der Waals surface area contributed by atoms with Crippen molar-refractivity contribution in [1.82, 2.24) is 4.90 Å². The smallest absolute Gasteiger partial charge is 0.167 e. The average molecular weight is 257 g/mol. The van der Waals surface area contributed by atoms with Crippen LogP contribution in [0.15, 0.2) is 0 Å². The number of hydrogen-bond donors (Lipinski definition) is 1. The van der Waals surface area contributed by atoms with Crippen LogP contribution in [0.2, 0.25) is 0 Å². The number of likely N-dealkylation sites (tertiary alicyclic amines) is 1. The van der Waals surface area contributed by atoms with Gasteiger partial charge in [0.25, 0.3) is 0 Å². The Morgan fingerprint density at radius 2 is 2.17 bits per heavy atom. The molecule has 0 aromatic carbocycles. The van der Waals surface area contributed by atoms with Gasteiger partial charge < -0.3 is 14.6 Å². The van der Waals surface area contributed by atoms with Gasteiger partial charge in [0.05, 0.1) is 13.2 Å². The molecule has 2 fully saturated rings. The molecule has 2 heterocycles. The van der Waals surface area contributed by atoms with Crippen molar-refractivity contribution in [2.24, 2.45) is 0 Å². The van der Waals surface area contributed by atoms with Crippen LogP contribution in [0.5, 0.6) is 0 Å². The Kier molecular flexibility index (Phi) is 4.64. The van der Waals surface area contributed by atoms with Gasteiger partial charge in [-0.1, -0.05) is 6.42 Å². The molecule has 0 bridgehead atoms. The minimum absolute atomic E-state index is 0.0498. The van der Waals surface area contributed by atoms with Crippen molar-refractivity contribution in [3.05, 3.63) is 0 Å². The van der Waals surface area contributed by atoms with E-state index >= 15 is 0 Å². The molecule has 1 N–H and O–H groups in total. The average Bonchev–Trinajstić information content (AvgIpc) is 2.71. The van der Waals surface area contributed by atoms with E-state index < -0.39 is 5.79 Å². The van der Waals surface area contributed by atoms with Gasteiger partial charge in [-0.2, -0.15) is 0 Å². The SMILES string of the molecule is CC(C)N1CCCCC1CC1(C)OCC(CO)O1. The molecule has 3 unspecified atom stereocenters. The topological polar surface area (TPSA) is 41.9 Å². The van der Waals surface area contributed by atoms with Crippen LogP contribution in [0.3, 0.4) is 0 Å². The van der Waals surface area contributed by atoms with E-state index in [1.54, 1.807) is 0 Å². The molecule has 0 spiro atoms. The van der Waals surface area contributed by atoms with Crippen LogP contribution >= 0.6 is 0 Å². The fraction of sp³-hybridized carbons (Fsp3) is 1.00. The molecule has 2 aliphatic rings. The largest absolute Gasteiger partial charge is 0.394 e. The minimum Gasteiger partial charge on any atom is -0.394 e. The van der Waals surface area contributed by atoms with E-state index in [9.17, 15) is 0 Å². The molecule has 2 aliphatic heterocycles. The van der Waals surface area contributed by atoms with Crippen LogP contribution in [-0.4, -0.2) is 53.7 Å². The van der Waals surface area contributed by atoms with Crippen LogP contribution in [0.4, 0.5) is 0 Å². The number of ether oxygens (including phenoxy) is 2. The Hall–Kier alpha value is -0.160. The lowest BCUT2D eigenvalue weighted by atomic mass is 9.94. The number of nitrogens with zero attached hydrogens (tertiary/aromatic N) is 1. The molecule has 0 aromatic heterocycles. The molecule has 0 radical (unpaired) electrons. The summed E-state index contributed by atoms with van der Waals surface area (Å²) in [5.74, 6) is -0.511. The zero-order valence-corrected chi connectivity index (χ0v) is 11.9. The van der Waals surface area contributed by atoms with E-state index in [0.717, 1.165) is 6.42 Å². The zero-order valence-electron chi connectivity index (χ0n) is 11.9. The summed E-state index contributed by atoms with van der Waals surface area (Å²) in [6.07, 6.45) is 4.58. The van der Waals surface area contributed by atoms with Gasteiger partial charge >= 0.3 is 0 Å². The molecule has 2 rings (SSSR count). The first kappa shape index (κ1) is 14.3. The van der Waals surface area contributed by atoms with Gasteiger partial charge in [0.1, 0.15) is 6.10 Å². The highest BCUT2D eigenvalue weighted by Crippen LogP contribution is 2.33. The monoisotopic (exact) mass is 257 g/mol. The number of rotatable bonds is 4. The van der Waals surface area contributed by atoms with Crippen molar-refractivity contribution in [1.29, 1.82) is 0 Å². The van der Waals surface area contributed by atoms with Gasteiger partial charge in [-0.3, -0.25) is 4.90 Å². The summed E-state index contributed by atoms with van der Waals surface area (Å²) < 4.78 is 11.6. The lowest BCUT2D eigenvalue weighted by Gasteiger charge is -2.41. The van der Waals surface area contributed by atoms with E-state index in [1.165, 1.54) is 25.8 Å². The maximum atomic E-state index is 9.13. The summed E-state index contributed by atoms with van der Waals surface area (Å²) in [7, 11) is 0. The van der Waals surface area contributed by atoms with Gasteiger partial charge in [0.15, 0.2) is 5.79 Å². The van der Waals surface area contributed by atoms with Crippen LogP contribution in [-0.2, 0) is 9.47 Å². The van der Waals surface area contributed by atoms with Crippen molar-refractivity contribution < 1.29 is 14.6 Å². The summed E-state index contributed by atoms with van der Waals surface area (Å²) >= 11 is 0. The van der Waals surface area contributed by atoms with Gasteiger partial charge in [0.2, 0.25) is 0 Å². The molecule has 2 saturated heterocycles. The molecule has 4 heteroatoms. The molecule has 4 nitrogen and oxygen atoms in total. The second kappa shape index (κ2) is 5.87. The molecule has 0 aliphatic carbocycles. The predicted molar refractivity (Wildman–Crippen MR) is 70.4 cm³/mol. The number of aliphatic hydroxyl groups excluding tert-OH is 1. The minimum atomic E-state index is -0.511. The van der Waals surface area contributed by atoms with Crippen molar-refractivity contribution in [3.8, 4) is 0 Å². The zero-order chi connectivity index (χ0) is 13.2. The number of hydrogen-bond acceptors (Lipinski definition) is 4. The second-order valence-corrected chi connectivity index (χ2v) is 6.05. The Bertz CT molecular complexity index is 272. The lowest BCUT2D eigenvalue weighted by molar-refractivity contribution is -0.174. The van der Waals surface area contributed by atoms with E-state index in [1.807, 2.05) is 6.92 Å². The van der Waals surface area contributed by atoms with Gasteiger partial charge in [0, 0.05) is 18.5 Å². The highest BCUT2D eigenvalue weighted by molar-refractivity contribution is 4.86. The van der Waals surface area contributed by atoms with Crippen molar-refractivity contribution in [3.63, 3.8) is 0 Å². The van der Waals surface area contributed by atoms with E-state index in [4.69, 9.17) is 14.6 Å². The molecule has 106 valence electrons. The molecule has 0 aromatic rings. The van der Waals surface area contributed by atoms with Gasteiger partial charge in [-0.25, -0.2) is 0 Å². The van der Waals surface area contributed by atoms with Crippen LogP contribution in [0, 0.1) is 0 Å². The lowest BCUT2D eigenvalue weighted by Crippen LogP contribution is -2.47. The second-order valence-electron chi connectivity index (χ2n) is 6.05. The maximum absolute atomic E-state index is 9.13. The molecule has 3 atom stereocenters. The Morgan fingerprint density at radius 3 is 2.78 bits per heavy atom. The maximum Gasteiger partial charge on any atom is 0.167 e. The van der Waals surface area contributed by atoms with E-state index in [0.29, 0.717) is 18.7 Å². The molecule has 0 saturated carbocycles. The highest BCUT2D eigenvalue weighted by atomic mass is 16.7. The Labute approximate surface area is 110 Å². The first-order valence-electron chi connectivity index (χ1n) is 7.22. The molecule has 18 heavy (non-hydrogen) atoms. The Morgan fingerprint density at radius 1 is 1.39 bits per heavy atom. The summed E-state index contributed by atoms with van der Waals surface area (Å²) in [6.45, 7) is 8.27. The normalized spacial score (nSPS) is 38.5. The highest BCUT2D eigenvalue weighted by Gasteiger charge is 2.40. The first-order valence-corrected chi connectivity index (χ1v) is 7.22. The molecular weight excluding hydrogens is 230 g/mol. The van der Waals surface area contributed by atoms with Crippen LogP contribution in [0.25, 0.3) is 0 Å². The molecule has 0 amide bonds. The van der Waals surface area contributed by atoms with E-state index in [2.05, 4.69) is 18.7 Å². The van der Waals surface area contributed by atoms with Crippen molar-refractivity contribution >= 4 is 0 Å². The summed E-state index contributed by atoms with van der Waals surface area (Å²) in [5, 5.41) is 9.13. The summed E-state index contributed by atoms with van der Waals surface area (Å²) in [5.41, 5.74) is 0. The van der Waals surface area contributed by atoms with Crippen molar-refractivity contribution in [2.75, 3.05) is 19.8 Å². The van der Waals surface area contributed by atoms with Crippen LogP contribution < -0.4 is 0 Å². The van der Waals surface area contributed by atoms with Crippen molar-refractivity contribution in [2.45, 2.75) is 70.4 Å². The Balaban J connectivity index is 1.94. The quantitative estimate of drug-likeness (QED) is 0.833. The third-order valence-corrected chi connectivity index (χ3v) is 4.14.